The van der Waals surface area contributed by atoms with Crippen LogP contribution in [0, 0.1) is 0 Å². The first kappa shape index (κ1) is 20.9. The smallest absolute Gasteiger partial charge is 0.242 e. The van der Waals surface area contributed by atoms with E-state index in [0.717, 1.165) is 42.6 Å². The van der Waals surface area contributed by atoms with Crippen LogP contribution in [-0.2, 0) is 4.79 Å². The van der Waals surface area contributed by atoms with Crippen molar-refractivity contribution in [3.63, 3.8) is 0 Å². The molecule has 1 aliphatic heterocycles. The van der Waals surface area contributed by atoms with Crippen LogP contribution >= 0.6 is 11.8 Å². The van der Waals surface area contributed by atoms with Gasteiger partial charge in [-0.1, -0.05) is 48.2 Å². The molecular weight excluding hydrogens is 422 g/mol. The van der Waals surface area contributed by atoms with Crippen molar-refractivity contribution in [2.75, 3.05) is 30.4 Å². The number of thioether (sulfide) groups is 1. The number of ether oxygens (including phenoxy) is 1. The zero-order valence-corrected chi connectivity index (χ0v) is 18.9. The number of carbonyl (C=O) groups is 1. The number of hydrogen-bond acceptors (Lipinski definition) is 6. The number of aromatic nitrogens is 3. The minimum atomic E-state index is -0.449. The van der Waals surface area contributed by atoms with E-state index in [-0.39, 0.29) is 5.91 Å². The van der Waals surface area contributed by atoms with Crippen LogP contribution in [0.1, 0.15) is 42.5 Å². The Morgan fingerprint density at radius 1 is 1.09 bits per heavy atom. The fraction of sp³-hybridized carbons (Fsp3) is 0.375. The molecule has 0 bridgehead atoms. The molecule has 2 aliphatic rings. The summed E-state index contributed by atoms with van der Waals surface area (Å²) in [4.78, 5) is 15.8. The Morgan fingerprint density at radius 3 is 2.59 bits per heavy atom. The SMILES string of the molecule is COc1cccc(NC(=O)C(Sc2nnc(N3CCCC3)n2C2CC2)c2ccccc2)c1. The van der Waals surface area contributed by atoms with Crippen LogP contribution < -0.4 is 15.0 Å². The molecule has 1 atom stereocenters. The summed E-state index contributed by atoms with van der Waals surface area (Å²) >= 11 is 1.47. The second-order valence-corrected chi connectivity index (χ2v) is 9.28. The van der Waals surface area contributed by atoms with Gasteiger partial charge in [-0.3, -0.25) is 9.36 Å². The highest BCUT2D eigenvalue weighted by atomic mass is 32.2. The highest BCUT2D eigenvalue weighted by Gasteiger charge is 2.34. The minimum absolute atomic E-state index is 0.0949. The number of amides is 1. The summed E-state index contributed by atoms with van der Waals surface area (Å²) in [6.07, 6.45) is 4.65. The van der Waals surface area contributed by atoms with E-state index in [1.165, 1.54) is 24.6 Å². The van der Waals surface area contributed by atoms with Crippen molar-refractivity contribution in [2.24, 2.45) is 0 Å². The van der Waals surface area contributed by atoms with Gasteiger partial charge in [0.1, 0.15) is 11.0 Å². The minimum Gasteiger partial charge on any atom is -0.497 e. The standard InChI is InChI=1S/C24H27N5O2S/c1-31-20-11-7-10-18(16-20)25-22(30)21(17-8-3-2-4-9-17)32-24-27-26-23(28-14-5-6-15-28)29(24)19-12-13-19/h2-4,7-11,16,19,21H,5-6,12-15H2,1H3,(H,25,30). The molecule has 1 N–H and O–H groups in total. The van der Waals surface area contributed by atoms with Gasteiger partial charge in [0.2, 0.25) is 11.9 Å². The van der Waals surface area contributed by atoms with Crippen molar-refractivity contribution in [1.82, 2.24) is 14.8 Å². The molecule has 2 aromatic carbocycles. The average molecular weight is 450 g/mol. The van der Waals surface area contributed by atoms with Crippen molar-refractivity contribution in [3.05, 3.63) is 60.2 Å². The molecule has 2 heterocycles. The van der Waals surface area contributed by atoms with Crippen LogP contribution in [0.5, 0.6) is 5.75 Å². The summed E-state index contributed by atoms with van der Waals surface area (Å²) < 4.78 is 7.55. The second kappa shape index (κ2) is 9.24. The Hall–Kier alpha value is -3.00. The summed E-state index contributed by atoms with van der Waals surface area (Å²) in [6.45, 7) is 2.04. The van der Waals surface area contributed by atoms with Gasteiger partial charge < -0.3 is 15.0 Å². The number of benzene rings is 2. The van der Waals surface area contributed by atoms with E-state index in [0.29, 0.717) is 17.5 Å². The van der Waals surface area contributed by atoms with Crippen LogP contribution in [0.2, 0.25) is 0 Å². The molecule has 1 unspecified atom stereocenters. The van der Waals surface area contributed by atoms with Gasteiger partial charge >= 0.3 is 0 Å². The topological polar surface area (TPSA) is 72.3 Å². The largest absolute Gasteiger partial charge is 0.497 e. The highest BCUT2D eigenvalue weighted by Crippen LogP contribution is 2.44. The fourth-order valence-corrected chi connectivity index (χ4v) is 5.15. The number of anilines is 2. The molecule has 3 aromatic rings. The summed E-state index contributed by atoms with van der Waals surface area (Å²) in [5.41, 5.74) is 1.64. The maximum atomic E-state index is 13.4. The second-order valence-electron chi connectivity index (χ2n) is 8.21. The number of nitrogens with one attached hydrogen (secondary N) is 1. The van der Waals surface area contributed by atoms with Gasteiger partial charge in [-0.2, -0.15) is 0 Å². The Kier molecular flexibility index (Phi) is 6.03. The number of methoxy groups -OCH3 is 1. The van der Waals surface area contributed by atoms with E-state index in [1.807, 2.05) is 54.6 Å². The quantitative estimate of drug-likeness (QED) is 0.503. The molecule has 0 spiro atoms. The lowest BCUT2D eigenvalue weighted by atomic mass is 10.1. The van der Waals surface area contributed by atoms with Crippen molar-refractivity contribution >= 4 is 29.3 Å². The predicted octanol–water partition coefficient (Wildman–Crippen LogP) is 4.69. The van der Waals surface area contributed by atoms with E-state index < -0.39 is 5.25 Å². The van der Waals surface area contributed by atoms with Crippen molar-refractivity contribution in [3.8, 4) is 5.75 Å². The van der Waals surface area contributed by atoms with E-state index in [2.05, 4.69) is 25.0 Å². The van der Waals surface area contributed by atoms with Crippen LogP contribution in [0.4, 0.5) is 11.6 Å². The van der Waals surface area contributed by atoms with Crippen molar-refractivity contribution in [2.45, 2.75) is 42.1 Å². The summed E-state index contributed by atoms with van der Waals surface area (Å²) in [7, 11) is 1.62. The van der Waals surface area contributed by atoms with Gasteiger partial charge in [-0.25, -0.2) is 0 Å². The van der Waals surface area contributed by atoms with Gasteiger partial charge in [0.15, 0.2) is 5.16 Å². The lowest BCUT2D eigenvalue weighted by molar-refractivity contribution is -0.115. The number of nitrogens with zero attached hydrogens (tertiary/aromatic N) is 4. The third-order valence-electron chi connectivity index (χ3n) is 5.85. The van der Waals surface area contributed by atoms with E-state index in [9.17, 15) is 4.79 Å². The van der Waals surface area contributed by atoms with Crippen LogP contribution in [-0.4, -0.2) is 40.9 Å². The fourth-order valence-electron chi connectivity index (χ4n) is 4.05. The van der Waals surface area contributed by atoms with Gasteiger partial charge in [-0.15, -0.1) is 10.2 Å². The molecule has 1 saturated heterocycles. The summed E-state index contributed by atoms with van der Waals surface area (Å²) in [6, 6.07) is 17.7. The van der Waals surface area contributed by atoms with Crippen LogP contribution in [0.3, 0.4) is 0 Å². The normalized spacial score (nSPS) is 16.7. The van der Waals surface area contributed by atoms with E-state index in [1.54, 1.807) is 7.11 Å². The maximum absolute atomic E-state index is 13.4. The molecule has 2 fully saturated rings. The Bertz CT molecular complexity index is 1080. The van der Waals surface area contributed by atoms with Gasteiger partial charge in [-0.05, 0) is 43.4 Å². The molecule has 1 aliphatic carbocycles. The van der Waals surface area contributed by atoms with Crippen LogP contribution in [0.15, 0.2) is 59.8 Å². The number of carbonyl (C=O) groups excluding carboxylic acids is 1. The highest BCUT2D eigenvalue weighted by molar-refractivity contribution is 8.00. The zero-order valence-electron chi connectivity index (χ0n) is 18.1. The lowest BCUT2D eigenvalue weighted by Gasteiger charge is -2.20. The molecule has 166 valence electrons. The third kappa shape index (κ3) is 4.46. The molecule has 1 amide bonds. The first-order chi connectivity index (χ1) is 15.7. The predicted molar refractivity (Wildman–Crippen MR) is 126 cm³/mol. The Labute approximate surface area is 192 Å². The number of hydrogen-bond donors (Lipinski definition) is 1. The Morgan fingerprint density at radius 2 is 1.88 bits per heavy atom. The number of rotatable bonds is 8. The first-order valence-electron chi connectivity index (χ1n) is 11.1. The first-order valence-corrected chi connectivity index (χ1v) is 12.0. The molecule has 1 aromatic heterocycles. The molecular formula is C24H27N5O2S. The summed E-state index contributed by atoms with van der Waals surface area (Å²) in [5.74, 6) is 1.56. The van der Waals surface area contributed by atoms with E-state index in [4.69, 9.17) is 4.74 Å². The lowest BCUT2D eigenvalue weighted by Crippen LogP contribution is -2.22. The molecule has 32 heavy (non-hydrogen) atoms. The summed E-state index contributed by atoms with van der Waals surface area (Å²) in [5, 5.41) is 12.5. The van der Waals surface area contributed by atoms with Gasteiger partial charge in [0.05, 0.1) is 7.11 Å². The molecule has 1 saturated carbocycles. The monoisotopic (exact) mass is 449 g/mol. The van der Waals surface area contributed by atoms with Crippen molar-refractivity contribution in [1.29, 1.82) is 0 Å². The zero-order chi connectivity index (χ0) is 21.9. The van der Waals surface area contributed by atoms with Crippen molar-refractivity contribution < 1.29 is 9.53 Å². The van der Waals surface area contributed by atoms with Gasteiger partial charge in [0.25, 0.3) is 0 Å². The average Bonchev–Trinajstić information content (AvgIpc) is 3.34. The third-order valence-corrected chi connectivity index (χ3v) is 7.06. The molecule has 7 nitrogen and oxygen atoms in total. The Balaban J connectivity index is 1.44. The van der Waals surface area contributed by atoms with E-state index >= 15 is 0 Å². The molecule has 5 rings (SSSR count). The maximum Gasteiger partial charge on any atom is 0.242 e. The van der Waals surface area contributed by atoms with Crippen LogP contribution in [0.25, 0.3) is 0 Å². The van der Waals surface area contributed by atoms with Gasteiger partial charge in [0, 0.05) is 30.9 Å². The molecule has 0 radical (unpaired) electrons. The molecule has 8 heteroatoms.